The third kappa shape index (κ3) is 4.75. The number of amides is 2. The Hall–Kier alpha value is -3.82. The lowest BCUT2D eigenvalue weighted by molar-refractivity contribution is 0.262. The first kappa shape index (κ1) is 22.0. The van der Waals surface area contributed by atoms with Gasteiger partial charge in [0, 0.05) is 45.1 Å². The number of urea groups is 1. The third-order valence-electron chi connectivity index (χ3n) is 5.19. The molecule has 0 radical (unpaired) electrons. The molecule has 0 fully saturated rings. The molecule has 0 unspecified atom stereocenters. The fraction of sp³-hybridized carbons (Fsp3) is 0.0400. The summed E-state index contributed by atoms with van der Waals surface area (Å²) in [5, 5.41) is 6.54. The van der Waals surface area contributed by atoms with Crippen LogP contribution in [0.1, 0.15) is 10.4 Å². The Morgan fingerprint density at radius 1 is 1.00 bits per heavy atom. The number of aromatic nitrogens is 3. The van der Waals surface area contributed by atoms with Crippen LogP contribution in [0.5, 0.6) is 0 Å². The number of carbonyl (C=O) groups excluding carboxylic acids is 1. The van der Waals surface area contributed by atoms with E-state index in [0.717, 1.165) is 36.3 Å². The van der Waals surface area contributed by atoms with Crippen LogP contribution in [0.4, 0.5) is 22.0 Å². The zero-order chi connectivity index (χ0) is 23.5. The molecule has 7 nitrogen and oxygen atoms in total. The van der Waals surface area contributed by atoms with Crippen molar-refractivity contribution in [1.29, 1.82) is 0 Å². The van der Waals surface area contributed by atoms with Crippen molar-refractivity contribution in [3.63, 3.8) is 0 Å². The Morgan fingerprint density at radius 3 is 2.59 bits per heavy atom. The van der Waals surface area contributed by atoms with Crippen molar-refractivity contribution in [3.05, 3.63) is 94.3 Å². The van der Waals surface area contributed by atoms with E-state index in [1.54, 1.807) is 17.5 Å². The van der Waals surface area contributed by atoms with E-state index in [0.29, 0.717) is 23.6 Å². The van der Waals surface area contributed by atoms with Gasteiger partial charge in [-0.3, -0.25) is 4.98 Å². The topological polar surface area (TPSA) is 106 Å². The monoisotopic (exact) mass is 530 g/mol. The summed E-state index contributed by atoms with van der Waals surface area (Å²) in [6, 6.07) is 18.7. The molecule has 2 aromatic carbocycles. The normalized spacial score (nSPS) is 10.9. The molecule has 0 aliphatic carbocycles. The molecule has 0 aliphatic rings. The summed E-state index contributed by atoms with van der Waals surface area (Å²) < 4.78 is 0.892. The molecule has 2 amide bonds. The first-order chi connectivity index (χ1) is 16.6. The number of nitrogens with zero attached hydrogens (tertiary/aromatic N) is 3. The fourth-order valence-corrected chi connectivity index (χ4v) is 5.30. The zero-order valence-electron chi connectivity index (χ0n) is 17.8. The molecule has 4 N–H and O–H groups in total. The molecule has 0 bridgehead atoms. The molecule has 168 valence electrons. The molecular formula is C25H19BrN6OS. The van der Waals surface area contributed by atoms with Gasteiger partial charge in [0.25, 0.3) is 0 Å². The van der Waals surface area contributed by atoms with Crippen LogP contribution < -0.4 is 16.4 Å². The zero-order valence-corrected chi connectivity index (χ0v) is 20.2. The number of pyridine rings is 1. The summed E-state index contributed by atoms with van der Waals surface area (Å²) in [5.74, 6) is 0.448. The van der Waals surface area contributed by atoms with Crippen molar-refractivity contribution in [2.75, 3.05) is 16.4 Å². The van der Waals surface area contributed by atoms with Gasteiger partial charge in [0.15, 0.2) is 0 Å². The molecule has 3 aromatic heterocycles. The van der Waals surface area contributed by atoms with Gasteiger partial charge in [-0.1, -0.05) is 40.2 Å². The highest BCUT2D eigenvalue weighted by atomic mass is 79.9. The Morgan fingerprint density at radius 2 is 1.82 bits per heavy atom. The quantitative estimate of drug-likeness (QED) is 0.246. The molecule has 0 aliphatic heterocycles. The Kier molecular flexibility index (Phi) is 6.20. The lowest BCUT2D eigenvalue weighted by Gasteiger charge is -2.10. The average molecular weight is 531 g/mol. The van der Waals surface area contributed by atoms with Crippen molar-refractivity contribution in [1.82, 2.24) is 15.0 Å². The number of fused-ring (bicyclic) bond motifs is 1. The van der Waals surface area contributed by atoms with Gasteiger partial charge < -0.3 is 16.4 Å². The number of hydrogen-bond donors (Lipinski definition) is 3. The number of nitrogens with two attached hydrogens (primary N) is 1. The van der Waals surface area contributed by atoms with Gasteiger partial charge in [-0.25, -0.2) is 14.8 Å². The van der Waals surface area contributed by atoms with Crippen molar-refractivity contribution in [2.45, 2.75) is 6.42 Å². The minimum Gasteiger partial charge on any atom is -0.383 e. The van der Waals surface area contributed by atoms with Gasteiger partial charge in [0.1, 0.15) is 17.0 Å². The van der Waals surface area contributed by atoms with Crippen molar-refractivity contribution in [3.8, 4) is 11.1 Å². The summed E-state index contributed by atoms with van der Waals surface area (Å²) >= 11 is 5.00. The van der Waals surface area contributed by atoms with Crippen molar-refractivity contribution in [2.24, 2.45) is 0 Å². The second kappa shape index (κ2) is 9.58. The number of rotatable bonds is 5. The molecule has 0 spiro atoms. The number of nitrogens with one attached hydrogen (secondary N) is 2. The Balaban J connectivity index is 1.43. The van der Waals surface area contributed by atoms with Gasteiger partial charge in [-0.2, -0.15) is 0 Å². The van der Waals surface area contributed by atoms with Gasteiger partial charge in [0.2, 0.25) is 0 Å². The maximum atomic E-state index is 12.4. The van der Waals surface area contributed by atoms with E-state index in [1.807, 2.05) is 66.9 Å². The van der Waals surface area contributed by atoms with Gasteiger partial charge >= 0.3 is 6.03 Å². The number of halogens is 1. The average Bonchev–Trinajstić information content (AvgIpc) is 3.19. The van der Waals surface area contributed by atoms with Crippen LogP contribution in [0.15, 0.2) is 83.9 Å². The van der Waals surface area contributed by atoms with Crippen LogP contribution in [0.2, 0.25) is 0 Å². The van der Waals surface area contributed by atoms with Gasteiger partial charge in [0.05, 0.1) is 5.39 Å². The fourth-order valence-electron chi connectivity index (χ4n) is 3.70. The summed E-state index contributed by atoms with van der Waals surface area (Å²) in [6.07, 6.45) is 5.82. The Bertz CT molecular complexity index is 1470. The first-order valence-electron chi connectivity index (χ1n) is 10.4. The van der Waals surface area contributed by atoms with Gasteiger partial charge in [-0.05, 0) is 47.5 Å². The van der Waals surface area contributed by atoms with E-state index in [-0.39, 0.29) is 6.03 Å². The van der Waals surface area contributed by atoms with Crippen LogP contribution in [-0.4, -0.2) is 21.0 Å². The van der Waals surface area contributed by atoms with Crippen LogP contribution >= 0.6 is 27.3 Å². The van der Waals surface area contributed by atoms with Gasteiger partial charge in [-0.15, -0.1) is 11.3 Å². The number of thiophene rings is 1. The SMILES string of the molecule is Nc1ncnc2sc(Cc3cccnc3)c(-c3ccc(NC(=O)Nc4cccc(Br)c4)cc3)c12. The smallest absolute Gasteiger partial charge is 0.323 e. The lowest BCUT2D eigenvalue weighted by atomic mass is 10.00. The van der Waals surface area contributed by atoms with E-state index in [2.05, 4.69) is 41.5 Å². The summed E-state index contributed by atoms with van der Waals surface area (Å²) in [5.41, 5.74) is 10.7. The summed E-state index contributed by atoms with van der Waals surface area (Å²) in [7, 11) is 0. The molecule has 34 heavy (non-hydrogen) atoms. The molecule has 5 rings (SSSR count). The second-order valence-electron chi connectivity index (χ2n) is 7.54. The van der Waals surface area contributed by atoms with Crippen LogP contribution in [-0.2, 0) is 6.42 Å². The van der Waals surface area contributed by atoms with E-state index in [4.69, 9.17) is 5.73 Å². The summed E-state index contributed by atoms with van der Waals surface area (Å²) in [4.78, 5) is 27.3. The summed E-state index contributed by atoms with van der Waals surface area (Å²) in [6.45, 7) is 0. The predicted molar refractivity (Wildman–Crippen MR) is 141 cm³/mol. The molecule has 0 atom stereocenters. The Labute approximate surface area is 208 Å². The lowest BCUT2D eigenvalue weighted by Crippen LogP contribution is -2.19. The number of anilines is 3. The standard InChI is InChI=1S/C25H19BrN6OS/c26-17-4-1-5-19(12-17)32-25(33)31-18-8-6-16(7-9-18)21-20(11-15-3-2-10-28-13-15)34-24-22(21)23(27)29-14-30-24/h1-10,12-14H,11H2,(H2,27,29,30)(H2,31,32,33). The maximum absolute atomic E-state index is 12.4. The minimum absolute atomic E-state index is 0.318. The second-order valence-corrected chi connectivity index (χ2v) is 9.54. The number of benzene rings is 2. The van der Waals surface area contributed by atoms with Crippen LogP contribution in [0.25, 0.3) is 21.3 Å². The maximum Gasteiger partial charge on any atom is 0.323 e. The van der Waals surface area contributed by atoms with Crippen LogP contribution in [0, 0.1) is 0 Å². The first-order valence-corrected chi connectivity index (χ1v) is 12.0. The molecule has 9 heteroatoms. The molecular weight excluding hydrogens is 512 g/mol. The van der Waals surface area contributed by atoms with Crippen LogP contribution in [0.3, 0.4) is 0 Å². The molecule has 5 aromatic rings. The molecule has 0 saturated carbocycles. The van der Waals surface area contributed by atoms with E-state index in [9.17, 15) is 4.79 Å². The van der Waals surface area contributed by atoms with E-state index in [1.165, 1.54) is 6.33 Å². The number of hydrogen-bond acceptors (Lipinski definition) is 6. The van der Waals surface area contributed by atoms with Crippen molar-refractivity contribution < 1.29 is 4.79 Å². The van der Waals surface area contributed by atoms with Crippen molar-refractivity contribution >= 4 is 60.7 Å². The van der Waals surface area contributed by atoms with E-state index < -0.39 is 0 Å². The highest BCUT2D eigenvalue weighted by Crippen LogP contribution is 2.41. The highest BCUT2D eigenvalue weighted by molar-refractivity contribution is 9.10. The predicted octanol–water partition coefficient (Wildman–Crippen LogP) is 6.33. The van der Waals surface area contributed by atoms with E-state index >= 15 is 0 Å². The minimum atomic E-state index is -0.318. The third-order valence-corrected chi connectivity index (χ3v) is 6.78. The largest absolute Gasteiger partial charge is 0.383 e. The molecule has 0 saturated heterocycles. The number of nitrogen functional groups attached to an aromatic ring is 1. The number of carbonyl (C=O) groups is 1. The highest BCUT2D eigenvalue weighted by Gasteiger charge is 2.18. The molecule has 3 heterocycles.